The number of aliphatic imine (C=N–C) groups is 1. The summed E-state index contributed by atoms with van der Waals surface area (Å²) in [4.78, 5) is 6.58. The lowest BCUT2D eigenvalue weighted by molar-refractivity contribution is 0.145. The van der Waals surface area contributed by atoms with Crippen molar-refractivity contribution in [3.63, 3.8) is 0 Å². The summed E-state index contributed by atoms with van der Waals surface area (Å²) in [5.74, 6) is 1.75. The van der Waals surface area contributed by atoms with E-state index in [2.05, 4.69) is 15.6 Å². The molecule has 1 fully saturated rings. The fraction of sp³-hybridized carbons (Fsp3) is 0.458. The molecule has 0 bridgehead atoms. The van der Waals surface area contributed by atoms with Gasteiger partial charge in [-0.05, 0) is 55.2 Å². The van der Waals surface area contributed by atoms with Gasteiger partial charge in [-0.1, -0.05) is 12.1 Å². The smallest absolute Gasteiger partial charge is 0.191 e. The molecule has 8 heteroatoms. The minimum absolute atomic E-state index is 0.252. The maximum absolute atomic E-state index is 14.7. The summed E-state index contributed by atoms with van der Waals surface area (Å²) in [6.07, 6.45) is 1.06. The van der Waals surface area contributed by atoms with Crippen LogP contribution in [0.3, 0.4) is 0 Å². The lowest BCUT2D eigenvalue weighted by Crippen LogP contribution is -2.36. The second kappa shape index (κ2) is 11.6. The van der Waals surface area contributed by atoms with Crippen molar-refractivity contribution >= 4 is 11.6 Å². The van der Waals surface area contributed by atoms with Gasteiger partial charge in [-0.25, -0.2) is 9.38 Å². The van der Waals surface area contributed by atoms with Crippen LogP contribution in [0, 0.1) is 5.82 Å². The molecule has 32 heavy (non-hydrogen) atoms. The number of nitrogens with one attached hydrogen (secondary N) is 2. The Balaban J connectivity index is 1.62. The van der Waals surface area contributed by atoms with Gasteiger partial charge in [0.25, 0.3) is 0 Å². The molecule has 0 saturated carbocycles. The first kappa shape index (κ1) is 23.7. The van der Waals surface area contributed by atoms with E-state index >= 15 is 0 Å². The number of benzene rings is 2. The summed E-state index contributed by atoms with van der Waals surface area (Å²) in [6, 6.07) is 11.0. The van der Waals surface area contributed by atoms with Crippen molar-refractivity contribution in [2.45, 2.75) is 39.0 Å². The molecular formula is C24H33FN4O3. The standard InChI is InChI=1S/C24H33FN4O3/c1-4-26-24(28-16-18-6-8-22(31-2)23(14-18)32-3)27-15-17-5-7-21(20(25)13-17)29-11-9-19(30)10-12-29/h5-8,13-14,19,30H,4,9-12,15-16H2,1-3H3,(H2,26,27,28). The minimum atomic E-state index is -0.279. The molecule has 0 atom stereocenters. The van der Waals surface area contributed by atoms with Gasteiger partial charge < -0.3 is 30.1 Å². The maximum atomic E-state index is 14.7. The first-order valence-electron chi connectivity index (χ1n) is 11.0. The first-order chi connectivity index (χ1) is 15.5. The molecule has 3 rings (SSSR count). The Morgan fingerprint density at radius 2 is 1.78 bits per heavy atom. The predicted molar refractivity (Wildman–Crippen MR) is 125 cm³/mol. The highest BCUT2D eigenvalue weighted by Crippen LogP contribution is 2.27. The van der Waals surface area contributed by atoms with Gasteiger partial charge in [0.2, 0.25) is 0 Å². The van der Waals surface area contributed by atoms with Gasteiger partial charge >= 0.3 is 0 Å². The van der Waals surface area contributed by atoms with Gasteiger partial charge in [-0.15, -0.1) is 0 Å². The van der Waals surface area contributed by atoms with Crippen molar-refractivity contribution in [2.24, 2.45) is 4.99 Å². The number of ether oxygens (including phenoxy) is 2. The zero-order chi connectivity index (χ0) is 22.9. The van der Waals surface area contributed by atoms with E-state index in [0.717, 1.165) is 11.1 Å². The van der Waals surface area contributed by atoms with Crippen LogP contribution in [0.15, 0.2) is 41.4 Å². The highest BCUT2D eigenvalue weighted by atomic mass is 19.1. The Kier molecular flexibility index (Phi) is 8.56. The number of anilines is 1. The lowest BCUT2D eigenvalue weighted by Gasteiger charge is -2.31. The summed E-state index contributed by atoms with van der Waals surface area (Å²) in [6.45, 7) is 4.96. The number of rotatable bonds is 8. The third-order valence-corrected chi connectivity index (χ3v) is 5.49. The normalized spacial score (nSPS) is 14.9. The van der Waals surface area contributed by atoms with E-state index in [-0.39, 0.29) is 11.9 Å². The predicted octanol–water partition coefficient (Wildman–Crippen LogP) is 3.06. The van der Waals surface area contributed by atoms with Gasteiger partial charge in [-0.2, -0.15) is 0 Å². The summed E-state index contributed by atoms with van der Waals surface area (Å²) >= 11 is 0. The number of nitrogens with zero attached hydrogens (tertiary/aromatic N) is 2. The number of hydrogen-bond donors (Lipinski definition) is 3. The fourth-order valence-electron chi connectivity index (χ4n) is 3.70. The number of piperidine rings is 1. The molecule has 3 N–H and O–H groups in total. The van der Waals surface area contributed by atoms with E-state index in [4.69, 9.17) is 9.47 Å². The first-order valence-corrected chi connectivity index (χ1v) is 11.0. The third kappa shape index (κ3) is 6.26. The highest BCUT2D eigenvalue weighted by Gasteiger charge is 2.19. The van der Waals surface area contributed by atoms with E-state index < -0.39 is 0 Å². The van der Waals surface area contributed by atoms with Crippen LogP contribution >= 0.6 is 0 Å². The van der Waals surface area contributed by atoms with Crippen molar-refractivity contribution in [1.82, 2.24) is 10.6 Å². The number of methoxy groups -OCH3 is 2. The maximum Gasteiger partial charge on any atom is 0.191 e. The second-order valence-electron chi connectivity index (χ2n) is 7.74. The number of aliphatic hydroxyl groups excluding tert-OH is 1. The van der Waals surface area contributed by atoms with E-state index in [1.165, 1.54) is 0 Å². The molecule has 7 nitrogen and oxygen atoms in total. The van der Waals surface area contributed by atoms with E-state index in [1.807, 2.05) is 42.2 Å². The molecule has 0 aliphatic carbocycles. The minimum Gasteiger partial charge on any atom is -0.493 e. The molecule has 1 heterocycles. The number of aliphatic hydroxyl groups is 1. The number of halogens is 1. The van der Waals surface area contributed by atoms with Crippen molar-refractivity contribution in [1.29, 1.82) is 0 Å². The molecule has 1 aliphatic heterocycles. The zero-order valence-corrected chi connectivity index (χ0v) is 19.0. The third-order valence-electron chi connectivity index (χ3n) is 5.49. The van der Waals surface area contributed by atoms with Crippen LogP contribution in [0.1, 0.15) is 30.9 Å². The fourth-order valence-corrected chi connectivity index (χ4v) is 3.70. The zero-order valence-electron chi connectivity index (χ0n) is 19.0. The number of guanidine groups is 1. The van der Waals surface area contributed by atoms with E-state index in [1.54, 1.807) is 20.3 Å². The Hall–Kier alpha value is -3.00. The van der Waals surface area contributed by atoms with Crippen LogP contribution in [-0.2, 0) is 13.1 Å². The molecule has 2 aromatic carbocycles. The van der Waals surface area contributed by atoms with E-state index in [9.17, 15) is 9.50 Å². The van der Waals surface area contributed by atoms with Crippen LogP contribution in [0.5, 0.6) is 11.5 Å². The topological polar surface area (TPSA) is 78.4 Å². The monoisotopic (exact) mass is 444 g/mol. The average molecular weight is 445 g/mol. The van der Waals surface area contributed by atoms with Crippen LogP contribution < -0.4 is 25.0 Å². The molecule has 1 aliphatic rings. The molecule has 1 saturated heterocycles. The Bertz CT molecular complexity index is 914. The SMILES string of the molecule is CCNC(=NCc1ccc(N2CCC(O)CC2)c(F)c1)NCc1ccc(OC)c(OC)c1. The summed E-state index contributed by atoms with van der Waals surface area (Å²) < 4.78 is 25.3. The van der Waals surface area contributed by atoms with Gasteiger partial charge in [-0.3, -0.25) is 0 Å². The Morgan fingerprint density at radius 1 is 1.06 bits per heavy atom. The van der Waals surface area contributed by atoms with Gasteiger partial charge in [0.15, 0.2) is 17.5 Å². The average Bonchev–Trinajstić information content (AvgIpc) is 2.81. The van der Waals surface area contributed by atoms with Gasteiger partial charge in [0, 0.05) is 26.2 Å². The summed E-state index contributed by atoms with van der Waals surface area (Å²) in [5, 5.41) is 16.2. The van der Waals surface area contributed by atoms with Crippen molar-refractivity contribution < 1.29 is 19.0 Å². The lowest BCUT2D eigenvalue weighted by atomic mass is 10.1. The quantitative estimate of drug-likeness (QED) is 0.429. The molecular weight excluding hydrogens is 411 g/mol. The molecule has 0 aromatic heterocycles. The van der Waals surface area contributed by atoms with Crippen LogP contribution in [0.4, 0.5) is 10.1 Å². The molecule has 174 valence electrons. The number of hydrogen-bond acceptors (Lipinski definition) is 5. The molecule has 0 spiro atoms. The van der Waals surface area contributed by atoms with Gasteiger partial charge in [0.05, 0.1) is 32.6 Å². The second-order valence-corrected chi connectivity index (χ2v) is 7.74. The van der Waals surface area contributed by atoms with Crippen LogP contribution in [0.2, 0.25) is 0 Å². The summed E-state index contributed by atoms with van der Waals surface area (Å²) in [5.41, 5.74) is 2.41. The molecule has 0 radical (unpaired) electrons. The molecule has 2 aromatic rings. The van der Waals surface area contributed by atoms with Crippen molar-refractivity contribution in [3.05, 3.63) is 53.3 Å². The van der Waals surface area contributed by atoms with Gasteiger partial charge in [0.1, 0.15) is 5.82 Å². The Morgan fingerprint density at radius 3 is 2.44 bits per heavy atom. The molecule has 0 unspecified atom stereocenters. The van der Waals surface area contributed by atoms with Crippen molar-refractivity contribution in [3.8, 4) is 11.5 Å². The summed E-state index contributed by atoms with van der Waals surface area (Å²) in [7, 11) is 3.22. The van der Waals surface area contributed by atoms with Crippen LogP contribution in [-0.4, -0.2) is 51.0 Å². The van der Waals surface area contributed by atoms with Crippen LogP contribution in [0.25, 0.3) is 0 Å². The molecule has 0 amide bonds. The highest BCUT2D eigenvalue weighted by molar-refractivity contribution is 5.79. The van der Waals surface area contributed by atoms with E-state index in [0.29, 0.717) is 68.7 Å². The largest absolute Gasteiger partial charge is 0.493 e. The van der Waals surface area contributed by atoms with Crippen molar-refractivity contribution in [2.75, 3.05) is 38.8 Å². The Labute approximate surface area is 189 Å².